The van der Waals surface area contributed by atoms with Crippen molar-refractivity contribution in [3.63, 3.8) is 0 Å². The molecule has 0 aromatic rings. The smallest absolute Gasteiger partial charge is 0.370 e. The topological polar surface area (TPSA) is 156 Å². The Hall–Kier alpha value is -1.80. The molecule has 9 heteroatoms. The Morgan fingerprint density at radius 3 is 2.74 bits per heavy atom. The maximum absolute atomic E-state index is 10.9. The van der Waals surface area contributed by atoms with Crippen molar-refractivity contribution in [2.75, 3.05) is 6.61 Å². The zero-order chi connectivity index (χ0) is 14.6. The predicted octanol–water partition coefficient (Wildman–Crippen LogP) is -0.617. The van der Waals surface area contributed by atoms with E-state index >= 15 is 0 Å². The quantitative estimate of drug-likeness (QED) is 0.297. The SMILES string of the molecule is C[C@H]1C([C@H](O)[C@H](O)CO)OC(C(=O)O)=C[C@H]1N=[N+]=[N-]. The standard InChI is InChI=1S/C10H15N3O6/c1-4-5(12-13-11)2-7(10(17)18)19-9(4)8(16)6(15)3-14/h2,4-6,8-9,14-16H,3H2,1H3,(H,17,18)/t4-,5-,6-,8-,9?/m1/s1. The fraction of sp³-hybridized carbons (Fsp3) is 0.700. The van der Waals surface area contributed by atoms with E-state index in [1.54, 1.807) is 6.92 Å². The van der Waals surface area contributed by atoms with E-state index in [2.05, 4.69) is 10.0 Å². The Bertz CT molecular complexity index is 419. The molecule has 4 N–H and O–H groups in total. The highest BCUT2D eigenvalue weighted by Crippen LogP contribution is 2.29. The molecule has 0 aromatic heterocycles. The summed E-state index contributed by atoms with van der Waals surface area (Å²) in [5.41, 5.74) is 8.43. The third-order valence-electron chi connectivity index (χ3n) is 2.96. The minimum absolute atomic E-state index is 0.468. The monoisotopic (exact) mass is 273 g/mol. The van der Waals surface area contributed by atoms with Crippen LogP contribution in [0.3, 0.4) is 0 Å². The predicted molar refractivity (Wildman–Crippen MR) is 61.8 cm³/mol. The van der Waals surface area contributed by atoms with Crippen molar-refractivity contribution < 1.29 is 30.0 Å². The first-order chi connectivity index (χ1) is 8.92. The lowest BCUT2D eigenvalue weighted by Crippen LogP contribution is -2.49. The molecule has 0 spiro atoms. The number of carboxylic acid groups (broad SMARTS) is 1. The van der Waals surface area contributed by atoms with Crippen LogP contribution in [0.5, 0.6) is 0 Å². The van der Waals surface area contributed by atoms with Gasteiger partial charge in [-0.25, -0.2) is 4.79 Å². The lowest BCUT2D eigenvalue weighted by Gasteiger charge is -2.36. The summed E-state index contributed by atoms with van der Waals surface area (Å²) < 4.78 is 5.08. The van der Waals surface area contributed by atoms with E-state index in [9.17, 15) is 15.0 Å². The van der Waals surface area contributed by atoms with E-state index in [0.29, 0.717) is 0 Å². The van der Waals surface area contributed by atoms with E-state index in [1.165, 1.54) is 0 Å². The van der Waals surface area contributed by atoms with Gasteiger partial charge in [0.05, 0.1) is 12.6 Å². The van der Waals surface area contributed by atoms with Crippen LogP contribution in [0.25, 0.3) is 10.4 Å². The lowest BCUT2D eigenvalue weighted by atomic mass is 9.88. The zero-order valence-electron chi connectivity index (χ0n) is 10.1. The average molecular weight is 273 g/mol. The number of aliphatic carboxylic acids is 1. The second-order valence-corrected chi connectivity index (χ2v) is 4.21. The average Bonchev–Trinajstić information content (AvgIpc) is 2.39. The minimum Gasteiger partial charge on any atom is -0.480 e. The fourth-order valence-corrected chi connectivity index (χ4v) is 1.82. The van der Waals surface area contributed by atoms with Gasteiger partial charge in [0, 0.05) is 10.8 Å². The molecule has 1 heterocycles. The van der Waals surface area contributed by atoms with Crippen LogP contribution in [-0.4, -0.2) is 57.4 Å². The molecule has 9 nitrogen and oxygen atoms in total. The Morgan fingerprint density at radius 1 is 1.63 bits per heavy atom. The minimum atomic E-state index is -1.50. The summed E-state index contributed by atoms with van der Waals surface area (Å²) in [7, 11) is 0. The summed E-state index contributed by atoms with van der Waals surface area (Å²) in [6.45, 7) is 0.874. The highest BCUT2D eigenvalue weighted by molar-refractivity contribution is 5.84. The number of hydrogen-bond acceptors (Lipinski definition) is 6. The first-order valence-electron chi connectivity index (χ1n) is 5.55. The van der Waals surface area contributed by atoms with Crippen molar-refractivity contribution >= 4 is 5.97 Å². The third-order valence-corrected chi connectivity index (χ3v) is 2.96. The van der Waals surface area contributed by atoms with Crippen LogP contribution in [0.1, 0.15) is 6.92 Å². The van der Waals surface area contributed by atoms with Gasteiger partial charge >= 0.3 is 5.97 Å². The van der Waals surface area contributed by atoms with Crippen molar-refractivity contribution in [2.45, 2.75) is 31.3 Å². The number of rotatable bonds is 5. The van der Waals surface area contributed by atoms with Crippen LogP contribution in [0.2, 0.25) is 0 Å². The molecule has 106 valence electrons. The first-order valence-corrected chi connectivity index (χ1v) is 5.55. The van der Waals surface area contributed by atoms with Gasteiger partial charge in [-0.3, -0.25) is 0 Å². The van der Waals surface area contributed by atoms with Crippen LogP contribution >= 0.6 is 0 Å². The number of nitrogens with zero attached hydrogens (tertiary/aromatic N) is 3. The van der Waals surface area contributed by atoms with Crippen LogP contribution in [0.4, 0.5) is 0 Å². The number of azide groups is 1. The molecule has 0 radical (unpaired) electrons. The van der Waals surface area contributed by atoms with Crippen molar-refractivity contribution in [3.8, 4) is 0 Å². The van der Waals surface area contributed by atoms with Crippen LogP contribution in [0, 0.1) is 5.92 Å². The summed E-state index contributed by atoms with van der Waals surface area (Å²) >= 11 is 0. The summed E-state index contributed by atoms with van der Waals surface area (Å²) in [5.74, 6) is -2.40. The van der Waals surface area contributed by atoms with Gasteiger partial charge in [-0.2, -0.15) is 0 Å². The van der Waals surface area contributed by atoms with Gasteiger partial charge in [0.1, 0.15) is 18.3 Å². The molecule has 0 saturated heterocycles. The zero-order valence-corrected chi connectivity index (χ0v) is 10.1. The number of aliphatic hydroxyl groups excluding tert-OH is 3. The van der Waals surface area contributed by atoms with Crippen LogP contribution in [-0.2, 0) is 9.53 Å². The van der Waals surface area contributed by atoms with E-state index in [-0.39, 0.29) is 0 Å². The van der Waals surface area contributed by atoms with Crippen molar-refractivity contribution in [2.24, 2.45) is 11.0 Å². The van der Waals surface area contributed by atoms with E-state index in [1.807, 2.05) is 0 Å². The van der Waals surface area contributed by atoms with Crippen LogP contribution in [0.15, 0.2) is 16.9 Å². The molecule has 1 aliphatic rings. The Kier molecular flexibility index (Phi) is 5.13. The molecule has 0 aliphatic carbocycles. The molecule has 0 amide bonds. The van der Waals surface area contributed by atoms with Crippen molar-refractivity contribution in [1.82, 2.24) is 0 Å². The number of hydrogen-bond donors (Lipinski definition) is 4. The molecule has 19 heavy (non-hydrogen) atoms. The van der Waals surface area contributed by atoms with Crippen molar-refractivity contribution in [1.29, 1.82) is 0 Å². The summed E-state index contributed by atoms with van der Waals surface area (Å²) in [5, 5.41) is 40.3. The van der Waals surface area contributed by atoms with E-state index in [0.717, 1.165) is 6.08 Å². The van der Waals surface area contributed by atoms with E-state index < -0.39 is 48.6 Å². The number of ether oxygens (including phenoxy) is 1. The van der Waals surface area contributed by atoms with E-state index in [4.69, 9.17) is 20.5 Å². The third kappa shape index (κ3) is 3.36. The van der Waals surface area contributed by atoms with Gasteiger partial charge in [0.25, 0.3) is 0 Å². The Balaban J connectivity index is 3.04. The normalized spacial score (nSPS) is 29.5. The van der Waals surface area contributed by atoms with Gasteiger partial charge < -0.3 is 25.2 Å². The maximum atomic E-state index is 10.9. The molecule has 1 aliphatic heterocycles. The largest absolute Gasteiger partial charge is 0.480 e. The Morgan fingerprint density at radius 2 is 2.26 bits per heavy atom. The molecule has 0 fully saturated rings. The van der Waals surface area contributed by atoms with Gasteiger partial charge in [0.2, 0.25) is 5.76 Å². The second-order valence-electron chi connectivity index (χ2n) is 4.21. The summed E-state index contributed by atoms with van der Waals surface area (Å²) in [4.78, 5) is 13.5. The van der Waals surface area contributed by atoms with Gasteiger partial charge in [-0.1, -0.05) is 12.0 Å². The maximum Gasteiger partial charge on any atom is 0.370 e. The molecule has 0 saturated carbocycles. The number of carbonyl (C=O) groups is 1. The molecular weight excluding hydrogens is 258 g/mol. The highest BCUT2D eigenvalue weighted by Gasteiger charge is 2.40. The molecule has 5 atom stereocenters. The van der Waals surface area contributed by atoms with Crippen molar-refractivity contribution in [3.05, 3.63) is 22.3 Å². The molecule has 0 bridgehead atoms. The first kappa shape index (κ1) is 15.3. The van der Waals surface area contributed by atoms with Gasteiger partial charge in [0.15, 0.2) is 0 Å². The summed E-state index contributed by atoms with van der Waals surface area (Å²) in [6.07, 6.45) is -2.94. The number of aliphatic hydroxyl groups is 3. The lowest BCUT2D eigenvalue weighted by molar-refractivity contribution is -0.146. The second kappa shape index (κ2) is 6.39. The number of carboxylic acids is 1. The fourth-order valence-electron chi connectivity index (χ4n) is 1.82. The molecular formula is C10H15N3O6. The molecule has 0 aromatic carbocycles. The van der Waals surface area contributed by atoms with Gasteiger partial charge in [-0.05, 0) is 11.6 Å². The summed E-state index contributed by atoms with van der Waals surface area (Å²) in [6, 6.07) is -0.824. The van der Waals surface area contributed by atoms with Gasteiger partial charge in [-0.15, -0.1) is 0 Å². The molecule has 1 rings (SSSR count). The molecule has 1 unspecified atom stereocenters. The Labute approximate surface area is 108 Å². The van der Waals surface area contributed by atoms with Crippen LogP contribution < -0.4 is 0 Å². The highest BCUT2D eigenvalue weighted by atomic mass is 16.5.